The Morgan fingerprint density at radius 1 is 1.17 bits per heavy atom. The van der Waals surface area contributed by atoms with Crippen LogP contribution in [-0.2, 0) is 13.6 Å². The molecule has 4 rings (SSSR count). The minimum atomic E-state index is 0.375. The summed E-state index contributed by atoms with van der Waals surface area (Å²) >= 11 is 3.52. The van der Waals surface area contributed by atoms with Crippen molar-refractivity contribution in [3.63, 3.8) is 0 Å². The highest BCUT2D eigenvalue weighted by Crippen LogP contribution is 2.29. The van der Waals surface area contributed by atoms with Crippen molar-refractivity contribution < 1.29 is 0 Å². The van der Waals surface area contributed by atoms with Gasteiger partial charge in [-0.3, -0.25) is 4.68 Å². The van der Waals surface area contributed by atoms with E-state index in [0.717, 1.165) is 15.7 Å². The van der Waals surface area contributed by atoms with E-state index in [0.29, 0.717) is 29.7 Å². The maximum Gasteiger partial charge on any atom is 0.166 e. The maximum absolute atomic E-state index is 6.00. The molecule has 0 atom stereocenters. The molecule has 0 unspecified atom stereocenters. The van der Waals surface area contributed by atoms with Crippen LogP contribution < -0.4 is 5.73 Å². The van der Waals surface area contributed by atoms with Gasteiger partial charge in [-0.1, -0.05) is 30.3 Å². The Labute approximate surface area is 146 Å². The van der Waals surface area contributed by atoms with Crippen LogP contribution in [0.3, 0.4) is 0 Å². The van der Waals surface area contributed by atoms with Crippen LogP contribution in [0.2, 0.25) is 0 Å². The van der Waals surface area contributed by atoms with Crippen LogP contribution >= 0.6 is 15.9 Å². The van der Waals surface area contributed by atoms with Gasteiger partial charge in [-0.25, -0.2) is 15.0 Å². The molecule has 2 aliphatic rings. The Morgan fingerprint density at radius 3 is 2.67 bits per heavy atom. The molecule has 1 aromatic carbocycles. The molecule has 0 radical (unpaired) electrons. The van der Waals surface area contributed by atoms with Crippen LogP contribution in [0.1, 0.15) is 5.69 Å². The summed E-state index contributed by atoms with van der Waals surface area (Å²) in [5.74, 6) is 1.72. The van der Waals surface area contributed by atoms with E-state index >= 15 is 0 Å². The lowest BCUT2D eigenvalue weighted by atomic mass is 10.2. The first-order chi connectivity index (χ1) is 11.6. The highest BCUT2D eigenvalue weighted by Gasteiger charge is 2.20. The number of hydrogen-bond donors (Lipinski definition) is 1. The van der Waals surface area contributed by atoms with Crippen LogP contribution in [0.15, 0.2) is 47.3 Å². The van der Waals surface area contributed by atoms with Crippen molar-refractivity contribution in [2.24, 2.45) is 7.05 Å². The second-order valence-corrected chi connectivity index (χ2v) is 6.26. The summed E-state index contributed by atoms with van der Waals surface area (Å²) < 4.78 is 4.67. The van der Waals surface area contributed by atoms with Gasteiger partial charge in [-0.05, 0) is 15.9 Å². The molecule has 0 saturated heterocycles. The van der Waals surface area contributed by atoms with E-state index in [1.807, 2.05) is 46.6 Å². The number of hydrogen-bond acceptors (Lipinski definition) is 5. The molecular formula is C16H14BrN7. The predicted molar refractivity (Wildman–Crippen MR) is 94.3 cm³/mol. The summed E-state index contributed by atoms with van der Waals surface area (Å²) in [7, 11) is 1.90. The van der Waals surface area contributed by atoms with Crippen molar-refractivity contribution in [1.29, 1.82) is 0 Å². The van der Waals surface area contributed by atoms with Crippen molar-refractivity contribution in [1.82, 2.24) is 29.3 Å². The lowest BCUT2D eigenvalue weighted by Gasteiger charge is -2.11. The average molecular weight is 384 g/mol. The van der Waals surface area contributed by atoms with Gasteiger partial charge in [-0.2, -0.15) is 5.10 Å². The number of nitrogens with zero attached hydrogens (tertiary/aromatic N) is 6. The SMILES string of the molecule is Cn1ncc(Br)c1Cn1cnc(N)c2nc(-c3ccccc3)nc1-2. The van der Waals surface area contributed by atoms with Gasteiger partial charge in [0.05, 0.1) is 29.2 Å². The fourth-order valence-corrected chi connectivity index (χ4v) is 3.03. The number of aryl methyl sites for hydroxylation is 1. The number of anilines is 1. The molecule has 2 aliphatic heterocycles. The van der Waals surface area contributed by atoms with Crippen LogP contribution in [0.4, 0.5) is 5.82 Å². The number of benzene rings is 1. The van der Waals surface area contributed by atoms with Crippen molar-refractivity contribution in [3.05, 3.63) is 53.0 Å². The van der Waals surface area contributed by atoms with Gasteiger partial charge in [0.25, 0.3) is 0 Å². The molecule has 0 amide bonds. The second kappa shape index (κ2) is 5.72. The van der Waals surface area contributed by atoms with Gasteiger partial charge in [0.15, 0.2) is 23.2 Å². The summed E-state index contributed by atoms with van der Waals surface area (Å²) in [5.41, 5.74) is 8.56. The molecular weight excluding hydrogens is 370 g/mol. The molecule has 0 bridgehead atoms. The van der Waals surface area contributed by atoms with Crippen molar-refractivity contribution in [2.45, 2.75) is 6.54 Å². The average Bonchev–Trinajstić information content (AvgIpc) is 3.18. The largest absolute Gasteiger partial charge is 0.382 e. The molecule has 2 aromatic rings. The first-order valence-electron chi connectivity index (χ1n) is 7.33. The first kappa shape index (κ1) is 14.8. The van der Waals surface area contributed by atoms with E-state index in [1.54, 1.807) is 12.5 Å². The number of imidazole rings is 1. The first-order valence-corrected chi connectivity index (χ1v) is 8.13. The zero-order valence-electron chi connectivity index (χ0n) is 12.9. The molecule has 7 nitrogen and oxygen atoms in total. The van der Waals surface area contributed by atoms with E-state index in [-0.39, 0.29) is 0 Å². The molecule has 0 saturated carbocycles. The number of aromatic nitrogens is 6. The van der Waals surface area contributed by atoms with E-state index in [9.17, 15) is 0 Å². The predicted octanol–water partition coefficient (Wildman–Crippen LogP) is 2.57. The minimum Gasteiger partial charge on any atom is -0.382 e. The molecule has 3 heterocycles. The van der Waals surface area contributed by atoms with E-state index < -0.39 is 0 Å². The summed E-state index contributed by atoms with van der Waals surface area (Å²) in [6, 6.07) is 9.82. The Morgan fingerprint density at radius 2 is 1.96 bits per heavy atom. The van der Waals surface area contributed by atoms with Gasteiger partial charge in [0, 0.05) is 12.6 Å². The normalized spacial score (nSPS) is 11.2. The van der Waals surface area contributed by atoms with Crippen LogP contribution in [0, 0.1) is 0 Å². The Balaban J connectivity index is 1.83. The third kappa shape index (κ3) is 2.44. The van der Waals surface area contributed by atoms with E-state index in [2.05, 4.69) is 36.0 Å². The van der Waals surface area contributed by atoms with Gasteiger partial charge in [0.2, 0.25) is 0 Å². The van der Waals surface area contributed by atoms with Gasteiger partial charge < -0.3 is 10.3 Å². The van der Waals surface area contributed by atoms with Crippen LogP contribution in [0.5, 0.6) is 0 Å². The third-order valence-corrected chi connectivity index (χ3v) is 4.52. The molecule has 2 N–H and O–H groups in total. The molecule has 120 valence electrons. The van der Waals surface area contributed by atoms with Gasteiger partial charge in [-0.15, -0.1) is 0 Å². The fraction of sp³-hybridized carbons (Fsp3) is 0.125. The third-order valence-electron chi connectivity index (χ3n) is 3.85. The fourth-order valence-electron chi connectivity index (χ4n) is 2.56. The second-order valence-electron chi connectivity index (χ2n) is 5.41. The lowest BCUT2D eigenvalue weighted by Crippen LogP contribution is -2.12. The van der Waals surface area contributed by atoms with E-state index in [4.69, 9.17) is 5.73 Å². The number of halogens is 1. The molecule has 0 fully saturated rings. The zero-order valence-corrected chi connectivity index (χ0v) is 14.5. The molecule has 8 heteroatoms. The van der Waals surface area contributed by atoms with Crippen molar-refractivity contribution >= 4 is 21.7 Å². The summed E-state index contributed by atoms with van der Waals surface area (Å²) in [5, 5.41) is 4.24. The topological polar surface area (TPSA) is 87.4 Å². The minimum absolute atomic E-state index is 0.375. The summed E-state index contributed by atoms with van der Waals surface area (Å²) in [4.78, 5) is 13.5. The molecule has 1 aromatic heterocycles. The Bertz CT molecular complexity index is 954. The van der Waals surface area contributed by atoms with Crippen LogP contribution in [-0.4, -0.2) is 29.3 Å². The lowest BCUT2D eigenvalue weighted by molar-refractivity contribution is 0.655. The molecule has 0 aliphatic carbocycles. The summed E-state index contributed by atoms with van der Waals surface area (Å²) in [6.45, 7) is 0.563. The van der Waals surface area contributed by atoms with Crippen molar-refractivity contribution in [2.75, 3.05) is 5.73 Å². The number of nitrogen functional groups attached to an aromatic ring is 1. The highest BCUT2D eigenvalue weighted by atomic mass is 79.9. The standard InChI is InChI=1S/C16H14BrN7/c1-23-12(11(17)7-20-23)8-24-9-19-14(18)13-16(24)22-15(21-13)10-5-3-2-4-6-10/h2-7,9H,8,18H2,1H3. The monoisotopic (exact) mass is 383 g/mol. The molecule has 24 heavy (non-hydrogen) atoms. The summed E-state index contributed by atoms with van der Waals surface area (Å²) in [6.07, 6.45) is 3.45. The number of fused-ring (bicyclic) bond motifs is 1. The number of rotatable bonds is 3. The Kier molecular flexibility index (Phi) is 3.53. The van der Waals surface area contributed by atoms with Gasteiger partial charge >= 0.3 is 0 Å². The maximum atomic E-state index is 6.00. The number of nitrogens with two attached hydrogens (primary N) is 1. The van der Waals surface area contributed by atoms with Crippen molar-refractivity contribution in [3.8, 4) is 22.9 Å². The van der Waals surface area contributed by atoms with E-state index in [1.165, 1.54) is 0 Å². The Hall–Kier alpha value is -2.74. The highest BCUT2D eigenvalue weighted by molar-refractivity contribution is 9.10. The zero-order chi connectivity index (χ0) is 16.7. The van der Waals surface area contributed by atoms with Gasteiger partial charge in [0.1, 0.15) is 0 Å². The van der Waals surface area contributed by atoms with Crippen LogP contribution in [0.25, 0.3) is 22.9 Å². The quantitative estimate of drug-likeness (QED) is 0.587. The smallest absolute Gasteiger partial charge is 0.166 e. The molecule has 0 spiro atoms.